The Morgan fingerprint density at radius 2 is 2.13 bits per heavy atom. The lowest BCUT2D eigenvalue weighted by Crippen LogP contribution is -2.34. The summed E-state index contributed by atoms with van der Waals surface area (Å²) in [7, 11) is 0. The van der Waals surface area contributed by atoms with Crippen molar-refractivity contribution < 1.29 is 14.0 Å². The Bertz CT molecular complexity index is 750. The van der Waals surface area contributed by atoms with Crippen LogP contribution in [0.3, 0.4) is 0 Å². The molecule has 0 aliphatic carbocycles. The van der Waals surface area contributed by atoms with E-state index >= 15 is 0 Å². The van der Waals surface area contributed by atoms with Crippen molar-refractivity contribution in [3.63, 3.8) is 0 Å². The molecule has 0 unspecified atom stereocenters. The predicted octanol–water partition coefficient (Wildman–Crippen LogP) is 2.76. The molecule has 0 spiro atoms. The smallest absolute Gasteiger partial charge is 0.316 e. The van der Waals surface area contributed by atoms with Gasteiger partial charge in [-0.2, -0.15) is 0 Å². The lowest BCUT2D eigenvalue weighted by Gasteiger charge is -2.30. The maximum absolute atomic E-state index is 12.5. The second kappa shape index (κ2) is 6.39. The highest BCUT2D eigenvalue weighted by Gasteiger charge is 2.23. The molecule has 3 rings (SSSR count). The van der Waals surface area contributed by atoms with E-state index < -0.39 is 6.03 Å². The first-order chi connectivity index (χ1) is 11.1. The van der Waals surface area contributed by atoms with Crippen molar-refractivity contribution in [3.8, 4) is 0 Å². The van der Waals surface area contributed by atoms with Crippen LogP contribution in [-0.2, 0) is 11.2 Å². The van der Waals surface area contributed by atoms with Gasteiger partial charge in [-0.3, -0.25) is 4.79 Å². The average Bonchev–Trinajstić information content (AvgIpc) is 3.05. The highest BCUT2D eigenvalue weighted by Crippen LogP contribution is 2.33. The predicted molar refractivity (Wildman–Crippen MR) is 88.1 cm³/mol. The van der Waals surface area contributed by atoms with Crippen molar-refractivity contribution >= 4 is 29.4 Å². The van der Waals surface area contributed by atoms with E-state index in [2.05, 4.69) is 5.32 Å². The standard InChI is InChI=1S/C17H17N3O3/c18-17(22)19-14-6-1-7-15-13(14)5-2-10-20(15)16(21)9-8-12-4-3-11-23-12/h1,3-4,6-9,11H,2,5,10H2,(H3,18,19,22)/b9-8+. The zero-order chi connectivity index (χ0) is 16.2. The Morgan fingerprint density at radius 3 is 2.87 bits per heavy atom. The van der Waals surface area contributed by atoms with E-state index in [-0.39, 0.29) is 5.91 Å². The van der Waals surface area contributed by atoms with E-state index in [9.17, 15) is 9.59 Å². The largest absolute Gasteiger partial charge is 0.465 e. The van der Waals surface area contributed by atoms with Crippen molar-refractivity contribution in [2.45, 2.75) is 12.8 Å². The summed E-state index contributed by atoms with van der Waals surface area (Å²) in [5.74, 6) is 0.498. The van der Waals surface area contributed by atoms with Crippen LogP contribution in [0.15, 0.2) is 47.1 Å². The van der Waals surface area contributed by atoms with Crippen LogP contribution in [-0.4, -0.2) is 18.5 Å². The van der Waals surface area contributed by atoms with Gasteiger partial charge in [0.25, 0.3) is 5.91 Å². The van der Waals surface area contributed by atoms with Gasteiger partial charge in [-0.25, -0.2) is 4.79 Å². The summed E-state index contributed by atoms with van der Waals surface area (Å²) in [4.78, 5) is 25.3. The molecule has 6 heteroatoms. The minimum absolute atomic E-state index is 0.126. The number of hydrogen-bond acceptors (Lipinski definition) is 3. The molecule has 0 atom stereocenters. The zero-order valence-corrected chi connectivity index (χ0v) is 12.5. The molecule has 6 nitrogen and oxygen atoms in total. The molecule has 3 N–H and O–H groups in total. The average molecular weight is 311 g/mol. The third-order valence-electron chi connectivity index (χ3n) is 3.71. The molecule has 23 heavy (non-hydrogen) atoms. The Morgan fingerprint density at radius 1 is 1.26 bits per heavy atom. The Kier molecular flexibility index (Phi) is 4.14. The molecule has 1 aliphatic rings. The minimum atomic E-state index is -0.612. The number of nitrogens with zero attached hydrogens (tertiary/aromatic N) is 1. The summed E-state index contributed by atoms with van der Waals surface area (Å²) in [6.45, 7) is 0.633. The van der Waals surface area contributed by atoms with Gasteiger partial charge >= 0.3 is 6.03 Å². The van der Waals surface area contributed by atoms with E-state index in [0.29, 0.717) is 18.0 Å². The van der Waals surface area contributed by atoms with Crippen molar-refractivity contribution in [1.82, 2.24) is 0 Å². The Balaban J connectivity index is 1.86. The second-order valence-electron chi connectivity index (χ2n) is 5.23. The first kappa shape index (κ1) is 14.9. The summed E-state index contributed by atoms with van der Waals surface area (Å²) < 4.78 is 5.18. The van der Waals surface area contributed by atoms with E-state index in [1.807, 2.05) is 6.07 Å². The fourth-order valence-electron chi connectivity index (χ4n) is 2.73. The van der Waals surface area contributed by atoms with Gasteiger partial charge in [-0.05, 0) is 48.7 Å². The zero-order valence-electron chi connectivity index (χ0n) is 12.5. The molecule has 0 radical (unpaired) electrons. The van der Waals surface area contributed by atoms with Crippen LogP contribution < -0.4 is 16.0 Å². The SMILES string of the molecule is NC(=O)Nc1cccc2c1CCCN2C(=O)/C=C/c1ccco1. The molecule has 0 saturated carbocycles. The van der Waals surface area contributed by atoms with Gasteiger partial charge in [-0.15, -0.1) is 0 Å². The van der Waals surface area contributed by atoms with Gasteiger partial charge in [0.1, 0.15) is 5.76 Å². The number of benzene rings is 1. The number of carbonyl (C=O) groups is 2. The number of primary amides is 1. The van der Waals surface area contributed by atoms with Crippen LogP contribution >= 0.6 is 0 Å². The molecular weight excluding hydrogens is 294 g/mol. The molecule has 0 saturated heterocycles. The number of nitrogens with one attached hydrogen (secondary N) is 1. The van der Waals surface area contributed by atoms with Gasteiger partial charge in [-0.1, -0.05) is 6.07 Å². The van der Waals surface area contributed by atoms with Crippen LogP contribution in [0.25, 0.3) is 6.08 Å². The summed E-state index contributed by atoms with van der Waals surface area (Å²) in [5, 5.41) is 2.61. The highest BCUT2D eigenvalue weighted by molar-refractivity contribution is 6.05. The third-order valence-corrected chi connectivity index (χ3v) is 3.71. The number of nitrogens with two attached hydrogens (primary N) is 1. The number of hydrogen-bond donors (Lipinski definition) is 2. The monoisotopic (exact) mass is 311 g/mol. The van der Waals surface area contributed by atoms with Crippen molar-refractivity contribution in [1.29, 1.82) is 0 Å². The third kappa shape index (κ3) is 3.26. The van der Waals surface area contributed by atoms with Gasteiger partial charge in [0, 0.05) is 24.0 Å². The summed E-state index contributed by atoms with van der Waals surface area (Å²) in [5.41, 5.74) is 7.59. The van der Waals surface area contributed by atoms with Crippen molar-refractivity contribution in [2.75, 3.05) is 16.8 Å². The van der Waals surface area contributed by atoms with Crippen LogP contribution in [0, 0.1) is 0 Å². The summed E-state index contributed by atoms with van der Waals surface area (Å²) in [6, 6.07) is 8.39. The molecule has 118 valence electrons. The molecule has 0 fully saturated rings. The number of carbonyl (C=O) groups excluding carboxylic acids is 2. The van der Waals surface area contributed by atoms with Crippen molar-refractivity contribution in [3.05, 3.63) is 54.0 Å². The lowest BCUT2D eigenvalue weighted by atomic mass is 9.99. The van der Waals surface area contributed by atoms with E-state index in [1.165, 1.54) is 6.08 Å². The number of urea groups is 1. The topological polar surface area (TPSA) is 88.6 Å². The number of furan rings is 1. The van der Waals surface area contributed by atoms with E-state index in [0.717, 1.165) is 24.1 Å². The molecule has 1 aliphatic heterocycles. The second-order valence-corrected chi connectivity index (χ2v) is 5.23. The fraction of sp³-hybridized carbons (Fsp3) is 0.176. The van der Waals surface area contributed by atoms with Crippen LogP contribution in [0.4, 0.5) is 16.2 Å². The number of anilines is 2. The highest BCUT2D eigenvalue weighted by atomic mass is 16.3. The lowest BCUT2D eigenvalue weighted by molar-refractivity contribution is -0.114. The van der Waals surface area contributed by atoms with Crippen LogP contribution in [0.5, 0.6) is 0 Å². The number of fused-ring (bicyclic) bond motifs is 1. The van der Waals surface area contributed by atoms with Crippen molar-refractivity contribution in [2.24, 2.45) is 5.73 Å². The number of amides is 3. The van der Waals surface area contributed by atoms with E-state index in [1.54, 1.807) is 41.5 Å². The molecule has 1 aromatic carbocycles. The normalized spacial score (nSPS) is 13.8. The molecule has 1 aromatic heterocycles. The molecule has 3 amide bonds. The fourth-order valence-corrected chi connectivity index (χ4v) is 2.73. The maximum Gasteiger partial charge on any atom is 0.316 e. The minimum Gasteiger partial charge on any atom is -0.465 e. The van der Waals surface area contributed by atoms with Crippen LogP contribution in [0.1, 0.15) is 17.7 Å². The van der Waals surface area contributed by atoms with Gasteiger partial charge < -0.3 is 20.4 Å². The van der Waals surface area contributed by atoms with Gasteiger partial charge in [0.05, 0.1) is 6.26 Å². The molecule has 0 bridgehead atoms. The summed E-state index contributed by atoms with van der Waals surface area (Å²) >= 11 is 0. The first-order valence-electron chi connectivity index (χ1n) is 7.36. The van der Waals surface area contributed by atoms with Gasteiger partial charge in [0.15, 0.2) is 0 Å². The molecule has 2 heterocycles. The molecule has 2 aromatic rings. The maximum atomic E-state index is 12.5. The Hall–Kier alpha value is -3.02. The molecular formula is C17H17N3O3. The summed E-state index contributed by atoms with van der Waals surface area (Å²) in [6.07, 6.45) is 6.30. The van der Waals surface area contributed by atoms with Crippen LogP contribution in [0.2, 0.25) is 0 Å². The van der Waals surface area contributed by atoms with E-state index in [4.69, 9.17) is 10.2 Å². The Labute approximate surface area is 133 Å². The van der Waals surface area contributed by atoms with Gasteiger partial charge in [0.2, 0.25) is 0 Å². The number of rotatable bonds is 3. The quantitative estimate of drug-likeness (QED) is 0.854. The first-order valence-corrected chi connectivity index (χ1v) is 7.36.